The Labute approximate surface area is 360 Å². The Morgan fingerprint density at radius 1 is 0.387 bits per heavy atom. The van der Waals surface area contributed by atoms with E-state index in [1.165, 1.54) is 92.0 Å². The number of rotatable bonds is 6. The van der Waals surface area contributed by atoms with Crippen molar-refractivity contribution in [1.29, 1.82) is 0 Å². The molecule has 2 aromatic heterocycles. The SMILES string of the molecule is c1ccc(-n2c3ccccc3c3ccc(-c4ccc(N(c5ccc(-c6ccc7c(c6)C6(CCCC6)c6ccccc6-7)cc5)c5ccc6c(c5)oc5ccccc56)cc4)cc32)cc1. The molecule has 2 heterocycles. The first kappa shape index (κ1) is 35.2. The predicted octanol–water partition coefficient (Wildman–Crippen LogP) is 16.3. The number of anilines is 3. The lowest BCUT2D eigenvalue weighted by Gasteiger charge is -2.27. The molecule has 0 amide bonds. The molecule has 1 spiro atoms. The van der Waals surface area contributed by atoms with Crippen molar-refractivity contribution < 1.29 is 4.42 Å². The van der Waals surface area contributed by atoms with Crippen LogP contribution >= 0.6 is 0 Å². The summed E-state index contributed by atoms with van der Waals surface area (Å²) in [5.74, 6) is 0. The molecular weight excluding hydrogens is 753 g/mol. The molecule has 0 saturated heterocycles. The highest BCUT2D eigenvalue weighted by molar-refractivity contribution is 6.10. The largest absolute Gasteiger partial charge is 0.456 e. The van der Waals surface area contributed by atoms with E-state index in [2.05, 4.69) is 204 Å². The normalized spacial score (nSPS) is 14.0. The second kappa shape index (κ2) is 13.7. The van der Waals surface area contributed by atoms with Crippen LogP contribution in [0.25, 0.3) is 82.8 Å². The van der Waals surface area contributed by atoms with Gasteiger partial charge in [-0.05, 0) is 130 Å². The quantitative estimate of drug-likeness (QED) is 0.167. The van der Waals surface area contributed by atoms with Crippen LogP contribution in [0.4, 0.5) is 17.1 Å². The highest BCUT2D eigenvalue weighted by atomic mass is 16.3. The van der Waals surface area contributed by atoms with Gasteiger partial charge in [-0.25, -0.2) is 0 Å². The first-order valence-electron chi connectivity index (χ1n) is 22.0. The summed E-state index contributed by atoms with van der Waals surface area (Å²) < 4.78 is 8.82. The van der Waals surface area contributed by atoms with Crippen LogP contribution in [0.2, 0.25) is 0 Å². The maximum atomic E-state index is 6.44. The maximum Gasteiger partial charge on any atom is 0.137 e. The monoisotopic (exact) mass is 794 g/mol. The molecule has 0 atom stereocenters. The van der Waals surface area contributed by atoms with E-state index in [0.29, 0.717) is 0 Å². The van der Waals surface area contributed by atoms with Gasteiger partial charge in [0.1, 0.15) is 11.2 Å². The topological polar surface area (TPSA) is 21.3 Å². The Morgan fingerprint density at radius 3 is 1.74 bits per heavy atom. The Hall–Kier alpha value is -7.62. The Morgan fingerprint density at radius 2 is 0.952 bits per heavy atom. The molecule has 9 aromatic carbocycles. The lowest BCUT2D eigenvalue weighted by atomic mass is 9.76. The number of hydrogen-bond donors (Lipinski definition) is 0. The van der Waals surface area contributed by atoms with Crippen molar-refractivity contribution in [2.24, 2.45) is 0 Å². The third-order valence-corrected chi connectivity index (χ3v) is 14.0. The number of aromatic nitrogens is 1. The van der Waals surface area contributed by atoms with Crippen molar-refractivity contribution in [2.75, 3.05) is 4.90 Å². The lowest BCUT2D eigenvalue weighted by Crippen LogP contribution is -2.20. The van der Waals surface area contributed by atoms with Crippen LogP contribution in [0.3, 0.4) is 0 Å². The predicted molar refractivity (Wildman–Crippen MR) is 258 cm³/mol. The molecular formula is C59H42N2O. The first-order chi connectivity index (χ1) is 30.7. The van der Waals surface area contributed by atoms with Gasteiger partial charge in [-0.3, -0.25) is 0 Å². The zero-order valence-electron chi connectivity index (χ0n) is 34.3. The zero-order chi connectivity index (χ0) is 40.8. The van der Waals surface area contributed by atoms with E-state index in [1.807, 2.05) is 12.1 Å². The zero-order valence-corrected chi connectivity index (χ0v) is 34.3. The fourth-order valence-electron chi connectivity index (χ4n) is 11.1. The molecule has 0 bridgehead atoms. The summed E-state index contributed by atoms with van der Waals surface area (Å²) in [6, 6.07) is 75.7. The molecule has 3 nitrogen and oxygen atoms in total. The van der Waals surface area contributed by atoms with E-state index in [9.17, 15) is 0 Å². The minimum atomic E-state index is 0.145. The van der Waals surface area contributed by atoms with Crippen LogP contribution in [0.1, 0.15) is 36.8 Å². The standard InChI is InChI=1S/C59H42N2O/c1-2-12-43(13-3-1)61-55-18-8-5-15-49(55)50-32-25-42(37-56(50)61)40-22-28-45(29-23-40)60(46-30-33-52-51-16-6-9-19-57(51)62-58(52)38-46)44-26-20-39(21-27-44)41-24-31-48-47-14-4-7-17-53(47)59(54(48)36-41)34-10-11-35-59/h1-9,12-33,36-38H,10-11,34-35H2. The number of fused-ring (bicyclic) bond motifs is 11. The molecule has 0 unspecified atom stereocenters. The molecule has 3 heteroatoms. The highest BCUT2D eigenvalue weighted by Gasteiger charge is 2.44. The van der Waals surface area contributed by atoms with Gasteiger partial charge in [-0.1, -0.05) is 140 Å². The number of furan rings is 1. The summed E-state index contributed by atoms with van der Waals surface area (Å²) in [5.41, 5.74) is 19.4. The second-order valence-electron chi connectivity index (χ2n) is 17.2. The molecule has 62 heavy (non-hydrogen) atoms. The molecule has 13 rings (SSSR count). The smallest absolute Gasteiger partial charge is 0.137 e. The number of para-hydroxylation sites is 3. The van der Waals surface area contributed by atoms with Crippen LogP contribution in [-0.4, -0.2) is 4.57 Å². The summed E-state index contributed by atoms with van der Waals surface area (Å²) in [6.07, 6.45) is 5.04. The van der Waals surface area contributed by atoms with Gasteiger partial charge in [0.2, 0.25) is 0 Å². The third kappa shape index (κ3) is 5.31. The summed E-state index contributed by atoms with van der Waals surface area (Å²) in [4.78, 5) is 2.35. The van der Waals surface area contributed by atoms with Crippen LogP contribution in [0, 0.1) is 0 Å². The van der Waals surface area contributed by atoms with Crippen molar-refractivity contribution in [3.05, 3.63) is 217 Å². The first-order valence-corrected chi connectivity index (χ1v) is 22.0. The average molecular weight is 795 g/mol. The summed E-state index contributed by atoms with van der Waals surface area (Å²) in [7, 11) is 0. The van der Waals surface area contributed by atoms with E-state index in [1.54, 1.807) is 0 Å². The maximum absolute atomic E-state index is 6.44. The minimum Gasteiger partial charge on any atom is -0.456 e. The summed E-state index contributed by atoms with van der Waals surface area (Å²) in [6.45, 7) is 0. The number of nitrogens with zero attached hydrogens (tertiary/aromatic N) is 2. The summed E-state index contributed by atoms with van der Waals surface area (Å²) in [5, 5.41) is 4.77. The molecule has 294 valence electrons. The van der Waals surface area contributed by atoms with Crippen molar-refractivity contribution in [2.45, 2.75) is 31.1 Å². The average Bonchev–Trinajstić information content (AvgIpc) is 4.12. The molecule has 1 saturated carbocycles. The fraction of sp³-hybridized carbons (Fsp3) is 0.0847. The minimum absolute atomic E-state index is 0.145. The van der Waals surface area contributed by atoms with Gasteiger partial charge in [0.05, 0.1) is 11.0 Å². The van der Waals surface area contributed by atoms with Gasteiger partial charge < -0.3 is 13.9 Å². The van der Waals surface area contributed by atoms with E-state index < -0.39 is 0 Å². The lowest BCUT2D eigenvalue weighted by molar-refractivity contribution is 0.550. The van der Waals surface area contributed by atoms with Gasteiger partial charge in [0, 0.05) is 55.8 Å². The highest BCUT2D eigenvalue weighted by Crippen LogP contribution is 2.57. The molecule has 0 aliphatic heterocycles. The van der Waals surface area contributed by atoms with Crippen LogP contribution < -0.4 is 4.90 Å². The number of benzene rings is 9. The van der Waals surface area contributed by atoms with E-state index >= 15 is 0 Å². The van der Waals surface area contributed by atoms with E-state index in [0.717, 1.165) is 44.7 Å². The van der Waals surface area contributed by atoms with Crippen LogP contribution in [0.5, 0.6) is 0 Å². The van der Waals surface area contributed by atoms with Gasteiger partial charge in [0.25, 0.3) is 0 Å². The van der Waals surface area contributed by atoms with Crippen molar-refractivity contribution in [1.82, 2.24) is 4.57 Å². The van der Waals surface area contributed by atoms with Crippen molar-refractivity contribution in [3.63, 3.8) is 0 Å². The Bertz CT molecular complexity index is 3510. The number of hydrogen-bond acceptors (Lipinski definition) is 2. The van der Waals surface area contributed by atoms with Crippen molar-refractivity contribution >= 4 is 60.8 Å². The van der Waals surface area contributed by atoms with Gasteiger partial charge in [0.15, 0.2) is 0 Å². The second-order valence-corrected chi connectivity index (χ2v) is 17.2. The fourth-order valence-corrected chi connectivity index (χ4v) is 11.1. The van der Waals surface area contributed by atoms with E-state index in [4.69, 9.17) is 4.42 Å². The third-order valence-electron chi connectivity index (χ3n) is 14.0. The molecule has 11 aromatic rings. The van der Waals surface area contributed by atoms with E-state index in [-0.39, 0.29) is 5.41 Å². The Kier molecular flexibility index (Phi) is 7.77. The molecule has 2 aliphatic carbocycles. The van der Waals surface area contributed by atoms with Gasteiger partial charge in [-0.15, -0.1) is 0 Å². The van der Waals surface area contributed by atoms with Gasteiger partial charge in [-0.2, -0.15) is 0 Å². The van der Waals surface area contributed by atoms with Crippen LogP contribution in [0.15, 0.2) is 211 Å². The molecule has 0 radical (unpaired) electrons. The molecule has 2 aliphatic rings. The molecule has 0 N–H and O–H groups in total. The van der Waals surface area contributed by atoms with Crippen LogP contribution in [-0.2, 0) is 5.41 Å². The Balaban J connectivity index is 0.899. The van der Waals surface area contributed by atoms with Gasteiger partial charge >= 0.3 is 0 Å². The van der Waals surface area contributed by atoms with Crippen molar-refractivity contribution in [3.8, 4) is 39.1 Å². The summed E-state index contributed by atoms with van der Waals surface area (Å²) >= 11 is 0. The molecule has 1 fully saturated rings.